The number of hydrogen-bond donors (Lipinski definition) is 2. The molecular weight excluding hydrogens is 398 g/mol. The fourth-order valence-corrected chi connectivity index (χ4v) is 4.46. The molecule has 2 aliphatic rings. The zero-order valence-electron chi connectivity index (χ0n) is 17.0. The van der Waals surface area contributed by atoms with Crippen molar-refractivity contribution in [3.63, 3.8) is 0 Å². The van der Waals surface area contributed by atoms with E-state index in [1.165, 1.54) is 0 Å². The molecule has 164 valence electrons. The number of rotatable bonds is 9. The van der Waals surface area contributed by atoms with Gasteiger partial charge < -0.3 is 19.3 Å². The van der Waals surface area contributed by atoms with E-state index in [1.54, 1.807) is 7.11 Å². The van der Waals surface area contributed by atoms with Crippen LogP contribution in [0.3, 0.4) is 0 Å². The smallest absolute Gasteiger partial charge is 0.209 e. The Balaban J connectivity index is 1.53. The molecule has 0 amide bonds. The number of β-amino-alcohol motifs (C(OH)–C–C–N with tert-alkyl or cyclic N) is 1. The Kier molecular flexibility index (Phi) is 7.72. The first-order chi connectivity index (χ1) is 13.8. The first-order valence-electron chi connectivity index (χ1n) is 9.81. The summed E-state index contributed by atoms with van der Waals surface area (Å²) in [5, 5.41) is 10.1. The number of morpholine rings is 1. The van der Waals surface area contributed by atoms with Gasteiger partial charge in [0.25, 0.3) is 0 Å². The number of likely N-dealkylation sites (tertiary alicyclic amines) is 1. The monoisotopic (exact) mass is 429 g/mol. The first-order valence-corrected chi connectivity index (χ1v) is 11.7. The molecule has 2 heterocycles. The lowest BCUT2D eigenvalue weighted by molar-refractivity contribution is 0.0321. The number of ether oxygens (including phenoxy) is 3. The van der Waals surface area contributed by atoms with Crippen molar-refractivity contribution in [3.8, 4) is 11.5 Å². The molecule has 10 heteroatoms. The van der Waals surface area contributed by atoms with Gasteiger partial charge in [-0.25, -0.2) is 13.1 Å². The minimum absolute atomic E-state index is 0.410. The summed E-state index contributed by atoms with van der Waals surface area (Å²) in [6, 6.07) is 5.30. The standard InChI is InChI=1S/C19H31N3O6S/c1-26-19-11-15(12-22-13-16(17(23)14-22)20-29(2,24)25)3-4-18(19)28-10-7-21-5-8-27-9-6-21/h3-4,11,16-17,20,23H,5-10,12-14H2,1-2H3/t16-,17-/m1/s1. The SMILES string of the molecule is COc1cc(CN2C[C@@H](O)[C@H](NS(C)(=O)=O)C2)ccc1OCCN1CCOCC1. The number of sulfonamides is 1. The van der Waals surface area contributed by atoms with Crippen LogP contribution in [0.1, 0.15) is 5.56 Å². The Hall–Kier alpha value is -1.43. The van der Waals surface area contributed by atoms with E-state index in [1.807, 2.05) is 23.1 Å². The highest BCUT2D eigenvalue weighted by Gasteiger charge is 2.33. The van der Waals surface area contributed by atoms with Crippen molar-refractivity contribution in [3.05, 3.63) is 23.8 Å². The molecular formula is C19H31N3O6S. The maximum atomic E-state index is 11.4. The van der Waals surface area contributed by atoms with E-state index in [4.69, 9.17) is 14.2 Å². The molecule has 3 rings (SSSR count). The van der Waals surface area contributed by atoms with Gasteiger partial charge in [-0.2, -0.15) is 0 Å². The normalized spacial score (nSPS) is 24.0. The molecule has 0 aromatic heterocycles. The average molecular weight is 430 g/mol. The third kappa shape index (κ3) is 6.80. The summed E-state index contributed by atoms with van der Waals surface area (Å²) < 4.78 is 42.1. The van der Waals surface area contributed by atoms with E-state index in [9.17, 15) is 13.5 Å². The predicted octanol–water partition coefficient (Wildman–Crippen LogP) is -0.499. The molecule has 1 aromatic rings. The van der Waals surface area contributed by atoms with Gasteiger partial charge in [0, 0.05) is 39.3 Å². The Morgan fingerprint density at radius 1 is 1.21 bits per heavy atom. The molecule has 2 fully saturated rings. The van der Waals surface area contributed by atoms with Crippen molar-refractivity contribution in [2.45, 2.75) is 18.7 Å². The van der Waals surface area contributed by atoms with Gasteiger partial charge in [-0.15, -0.1) is 0 Å². The van der Waals surface area contributed by atoms with Gasteiger partial charge in [0.05, 0.1) is 38.7 Å². The fraction of sp³-hybridized carbons (Fsp3) is 0.684. The third-order valence-corrected chi connectivity index (χ3v) is 5.86. The van der Waals surface area contributed by atoms with Crippen molar-refractivity contribution in [2.24, 2.45) is 0 Å². The number of hydrogen-bond acceptors (Lipinski definition) is 8. The number of aliphatic hydroxyl groups is 1. The lowest BCUT2D eigenvalue weighted by atomic mass is 10.2. The summed E-state index contributed by atoms with van der Waals surface area (Å²) in [6.45, 7) is 6.26. The third-order valence-electron chi connectivity index (χ3n) is 5.13. The molecule has 0 unspecified atom stereocenters. The summed E-state index contributed by atoms with van der Waals surface area (Å²) in [5.41, 5.74) is 1.01. The van der Waals surface area contributed by atoms with E-state index in [0.717, 1.165) is 44.7 Å². The van der Waals surface area contributed by atoms with Gasteiger partial charge >= 0.3 is 0 Å². The van der Waals surface area contributed by atoms with Gasteiger partial charge in [-0.05, 0) is 17.7 Å². The molecule has 2 atom stereocenters. The van der Waals surface area contributed by atoms with E-state index in [2.05, 4.69) is 9.62 Å². The maximum Gasteiger partial charge on any atom is 0.209 e. The van der Waals surface area contributed by atoms with Gasteiger partial charge in [-0.3, -0.25) is 9.80 Å². The largest absolute Gasteiger partial charge is 0.493 e. The molecule has 0 bridgehead atoms. The van der Waals surface area contributed by atoms with E-state index < -0.39 is 22.2 Å². The van der Waals surface area contributed by atoms with Crippen LogP contribution >= 0.6 is 0 Å². The highest BCUT2D eigenvalue weighted by Crippen LogP contribution is 2.29. The number of benzene rings is 1. The van der Waals surface area contributed by atoms with Crippen LogP contribution in [-0.4, -0.2) is 101 Å². The van der Waals surface area contributed by atoms with Crippen molar-refractivity contribution in [1.82, 2.24) is 14.5 Å². The zero-order valence-corrected chi connectivity index (χ0v) is 17.9. The van der Waals surface area contributed by atoms with Crippen LogP contribution in [0.5, 0.6) is 11.5 Å². The number of aliphatic hydroxyl groups excluding tert-OH is 1. The molecule has 2 aliphatic heterocycles. The van der Waals surface area contributed by atoms with Crippen LogP contribution in [0.2, 0.25) is 0 Å². The Labute approximate surface area is 172 Å². The minimum Gasteiger partial charge on any atom is -0.493 e. The fourth-order valence-electron chi connectivity index (χ4n) is 3.68. The Morgan fingerprint density at radius 2 is 1.97 bits per heavy atom. The van der Waals surface area contributed by atoms with E-state index in [0.29, 0.717) is 37.7 Å². The van der Waals surface area contributed by atoms with Crippen molar-refractivity contribution in [1.29, 1.82) is 0 Å². The average Bonchev–Trinajstić information content (AvgIpc) is 3.00. The molecule has 9 nitrogen and oxygen atoms in total. The van der Waals surface area contributed by atoms with Crippen molar-refractivity contribution < 1.29 is 27.7 Å². The first kappa shape index (κ1) is 22.3. The summed E-state index contributed by atoms with van der Waals surface area (Å²) in [5.74, 6) is 1.36. The predicted molar refractivity (Wildman–Crippen MR) is 109 cm³/mol. The Morgan fingerprint density at radius 3 is 2.66 bits per heavy atom. The molecule has 29 heavy (non-hydrogen) atoms. The second-order valence-corrected chi connectivity index (χ2v) is 9.33. The maximum absolute atomic E-state index is 11.4. The van der Waals surface area contributed by atoms with Crippen LogP contribution in [-0.2, 0) is 21.3 Å². The second kappa shape index (κ2) is 10.1. The highest BCUT2D eigenvalue weighted by atomic mass is 32.2. The summed E-state index contributed by atoms with van der Waals surface area (Å²) >= 11 is 0. The van der Waals surface area contributed by atoms with Crippen LogP contribution in [0, 0.1) is 0 Å². The molecule has 2 N–H and O–H groups in total. The molecule has 0 aliphatic carbocycles. The van der Waals surface area contributed by atoms with Crippen LogP contribution in [0.15, 0.2) is 18.2 Å². The summed E-state index contributed by atoms with van der Waals surface area (Å²) in [7, 11) is -1.74. The number of nitrogens with zero attached hydrogens (tertiary/aromatic N) is 2. The minimum atomic E-state index is -3.35. The van der Waals surface area contributed by atoms with Crippen LogP contribution in [0.4, 0.5) is 0 Å². The zero-order chi connectivity index (χ0) is 20.9. The van der Waals surface area contributed by atoms with Crippen LogP contribution < -0.4 is 14.2 Å². The Bertz CT molecular complexity index is 769. The van der Waals surface area contributed by atoms with Gasteiger partial charge in [0.2, 0.25) is 10.0 Å². The number of nitrogens with one attached hydrogen (secondary N) is 1. The number of methoxy groups -OCH3 is 1. The second-order valence-electron chi connectivity index (χ2n) is 7.55. The molecule has 1 aromatic carbocycles. The lowest BCUT2D eigenvalue weighted by Gasteiger charge is -2.26. The van der Waals surface area contributed by atoms with Gasteiger partial charge in [0.15, 0.2) is 11.5 Å². The highest BCUT2D eigenvalue weighted by molar-refractivity contribution is 7.88. The van der Waals surface area contributed by atoms with Crippen molar-refractivity contribution in [2.75, 3.05) is 65.9 Å². The summed E-state index contributed by atoms with van der Waals surface area (Å²) in [4.78, 5) is 4.32. The molecule has 0 saturated carbocycles. The van der Waals surface area contributed by atoms with E-state index >= 15 is 0 Å². The summed E-state index contributed by atoms with van der Waals surface area (Å²) in [6.07, 6.45) is 0.375. The van der Waals surface area contributed by atoms with E-state index in [-0.39, 0.29) is 0 Å². The van der Waals surface area contributed by atoms with Gasteiger partial charge in [-0.1, -0.05) is 6.07 Å². The molecule has 0 spiro atoms. The lowest BCUT2D eigenvalue weighted by Crippen LogP contribution is -2.42. The van der Waals surface area contributed by atoms with Crippen molar-refractivity contribution >= 4 is 10.0 Å². The van der Waals surface area contributed by atoms with Crippen LogP contribution in [0.25, 0.3) is 0 Å². The topological polar surface area (TPSA) is 101 Å². The quantitative estimate of drug-likeness (QED) is 0.542. The molecule has 2 saturated heterocycles. The molecule has 0 radical (unpaired) electrons. The van der Waals surface area contributed by atoms with Gasteiger partial charge in [0.1, 0.15) is 6.61 Å².